The van der Waals surface area contributed by atoms with Crippen LogP contribution in [-0.2, 0) is 19.3 Å². The summed E-state index contributed by atoms with van der Waals surface area (Å²) in [6, 6.07) is 72.6. The third-order valence-electron chi connectivity index (χ3n) is 13.9. The summed E-state index contributed by atoms with van der Waals surface area (Å²) in [6.07, 6.45) is 8.95. The molecule has 4 nitrogen and oxygen atoms in total. The Morgan fingerprint density at radius 2 is 0.971 bits per heavy atom. The first kappa shape index (κ1) is 41.9. The Hall–Kier alpha value is -7.48. The fourth-order valence-corrected chi connectivity index (χ4v) is 11.0. The van der Waals surface area contributed by atoms with E-state index in [9.17, 15) is 10.0 Å². The maximum absolute atomic E-state index is 9.43. The first-order chi connectivity index (χ1) is 33.5. The summed E-state index contributed by atoms with van der Waals surface area (Å²) in [4.78, 5) is 0. The van der Waals surface area contributed by atoms with Gasteiger partial charge in [0, 0.05) is 43.3 Å². The van der Waals surface area contributed by atoms with Crippen molar-refractivity contribution in [2.24, 2.45) is 0 Å². The molecule has 0 unspecified atom stereocenters. The average Bonchev–Trinajstić information content (AvgIpc) is 4.14. The predicted octanol–water partition coefficient (Wildman–Crippen LogP) is 14.3. The van der Waals surface area contributed by atoms with Gasteiger partial charge in [0.2, 0.25) is 0 Å². The molecule has 2 heterocycles. The largest absolute Gasteiger partial charge is 0.488 e. The van der Waals surface area contributed by atoms with Crippen molar-refractivity contribution >= 4 is 67.3 Å². The van der Waals surface area contributed by atoms with Crippen LogP contribution in [0.2, 0.25) is 0 Å². The second-order valence-corrected chi connectivity index (χ2v) is 18.8. The van der Waals surface area contributed by atoms with Gasteiger partial charge in [0.15, 0.2) is 0 Å². The van der Waals surface area contributed by atoms with Crippen LogP contribution in [0, 0.1) is 0 Å². The van der Waals surface area contributed by atoms with Crippen molar-refractivity contribution < 1.29 is 10.0 Å². The highest BCUT2D eigenvalue weighted by molar-refractivity contribution is 9.10. The molecule has 0 fully saturated rings. The Balaban J connectivity index is 0.000000115. The highest BCUT2D eigenvalue weighted by Gasteiger charge is 2.22. The molecule has 0 saturated heterocycles. The van der Waals surface area contributed by atoms with Gasteiger partial charge >= 0.3 is 7.12 Å². The van der Waals surface area contributed by atoms with E-state index in [0.29, 0.717) is 5.46 Å². The molecule has 3 aliphatic carbocycles. The number of benzene rings is 9. The second kappa shape index (κ2) is 17.6. The van der Waals surface area contributed by atoms with E-state index in [-0.39, 0.29) is 0 Å². The molecular weight excluding hydrogens is 895 g/mol. The topological polar surface area (TPSA) is 50.3 Å². The summed E-state index contributed by atoms with van der Waals surface area (Å²) in [5.41, 5.74) is 23.0. The lowest BCUT2D eigenvalue weighted by atomic mass is 9.80. The quantitative estimate of drug-likeness (QED) is 0.173. The van der Waals surface area contributed by atoms with E-state index in [1.807, 2.05) is 42.5 Å². The van der Waals surface area contributed by atoms with Crippen molar-refractivity contribution in [3.05, 3.63) is 250 Å². The molecular formula is C62H46BBrN2O2. The van der Waals surface area contributed by atoms with Crippen LogP contribution in [0.1, 0.15) is 39.9 Å². The SMILES string of the molecule is Brc1ccc2c(c1)-c1ccccc1C2.C1=Cc2c(n(-c3ccccc3)c3ccc(-c4ccc5c(c4)-c4ccccc4C5)cc23)CC1.OB(O)c1ccc2c(c1)c1ccccc1n2-c1ccccc1. The molecule has 2 N–H and O–H groups in total. The van der Waals surface area contributed by atoms with Crippen LogP contribution in [0.15, 0.2) is 217 Å². The van der Waals surface area contributed by atoms with Crippen molar-refractivity contribution in [1.29, 1.82) is 0 Å². The lowest BCUT2D eigenvalue weighted by molar-refractivity contribution is 0.426. The lowest BCUT2D eigenvalue weighted by Gasteiger charge is -2.13. The first-order valence-corrected chi connectivity index (χ1v) is 24.2. The zero-order chi connectivity index (χ0) is 45.7. The van der Waals surface area contributed by atoms with Crippen molar-refractivity contribution in [2.45, 2.75) is 25.7 Å². The van der Waals surface area contributed by atoms with Crippen LogP contribution in [0.3, 0.4) is 0 Å². The van der Waals surface area contributed by atoms with Gasteiger partial charge in [-0.05, 0) is 154 Å². The molecule has 0 atom stereocenters. The Bertz CT molecular complexity index is 3740. The molecule has 326 valence electrons. The maximum Gasteiger partial charge on any atom is 0.488 e. The third-order valence-corrected chi connectivity index (χ3v) is 14.3. The van der Waals surface area contributed by atoms with Gasteiger partial charge in [-0.1, -0.05) is 168 Å². The van der Waals surface area contributed by atoms with Crippen molar-refractivity contribution in [1.82, 2.24) is 9.13 Å². The van der Waals surface area contributed by atoms with Gasteiger partial charge in [-0.2, -0.15) is 0 Å². The van der Waals surface area contributed by atoms with Gasteiger partial charge in [-0.3, -0.25) is 0 Å². The highest BCUT2D eigenvalue weighted by Crippen LogP contribution is 2.42. The summed E-state index contributed by atoms with van der Waals surface area (Å²) in [5.74, 6) is 0. The van der Waals surface area contributed by atoms with Crippen molar-refractivity contribution in [3.8, 4) is 44.8 Å². The summed E-state index contributed by atoms with van der Waals surface area (Å²) in [7, 11) is -1.46. The lowest BCUT2D eigenvalue weighted by Crippen LogP contribution is -2.29. The summed E-state index contributed by atoms with van der Waals surface area (Å²) >= 11 is 3.52. The van der Waals surface area contributed by atoms with Gasteiger partial charge in [-0.25, -0.2) is 0 Å². The van der Waals surface area contributed by atoms with Gasteiger partial charge in [0.05, 0.1) is 16.6 Å². The van der Waals surface area contributed by atoms with E-state index in [1.54, 1.807) is 6.07 Å². The monoisotopic (exact) mass is 940 g/mol. The van der Waals surface area contributed by atoms with Gasteiger partial charge in [-0.15, -0.1) is 0 Å². The minimum atomic E-state index is -1.46. The fraction of sp³-hybridized carbons (Fsp3) is 0.0645. The number of hydrogen-bond donors (Lipinski definition) is 2. The summed E-state index contributed by atoms with van der Waals surface area (Å²) < 4.78 is 5.81. The number of hydrogen-bond acceptors (Lipinski definition) is 2. The van der Waals surface area contributed by atoms with Crippen LogP contribution in [0.4, 0.5) is 0 Å². The molecule has 9 aromatic carbocycles. The smallest absolute Gasteiger partial charge is 0.423 e. The van der Waals surface area contributed by atoms with E-state index in [0.717, 1.165) is 57.6 Å². The molecule has 0 aliphatic heterocycles. The zero-order valence-electron chi connectivity index (χ0n) is 37.4. The minimum Gasteiger partial charge on any atom is -0.423 e. The second-order valence-electron chi connectivity index (χ2n) is 17.9. The highest BCUT2D eigenvalue weighted by atomic mass is 79.9. The Labute approximate surface area is 405 Å². The standard InChI is InChI=1S/C31H23N.C18H14BNO2.C13H9Br/c1-2-9-25(10-3-1)32-30-13-7-6-12-27(30)29-20-22(16-17-31(29)32)21-14-15-24-18-23-8-4-5-11-26(23)28(24)19-21;21-19(22)13-10-11-18-16(12-13)15-8-4-5-9-17(15)20(18)14-6-2-1-3-7-14;14-11-6-5-10-7-9-3-1-2-4-12(9)13(10)8-11/h1-6,8-12,14-17,19-20H,7,13,18H2;1-12,21-22H;1-6,8H,7H2. The van der Waals surface area contributed by atoms with Crippen molar-refractivity contribution in [2.75, 3.05) is 0 Å². The summed E-state index contributed by atoms with van der Waals surface area (Å²) in [6.45, 7) is 0. The molecule has 0 amide bonds. The number of para-hydroxylation sites is 3. The predicted molar refractivity (Wildman–Crippen MR) is 287 cm³/mol. The summed E-state index contributed by atoms with van der Waals surface area (Å²) in [5, 5.41) is 22.3. The van der Waals surface area contributed by atoms with E-state index < -0.39 is 7.12 Å². The third kappa shape index (κ3) is 7.52. The average molecular weight is 942 g/mol. The molecule has 0 saturated carbocycles. The fourth-order valence-electron chi connectivity index (χ4n) is 10.7. The number of nitrogens with zero attached hydrogens (tertiary/aromatic N) is 2. The van der Waals surface area contributed by atoms with E-state index in [2.05, 4.69) is 195 Å². The number of aromatic nitrogens is 2. The molecule has 11 aromatic rings. The molecule has 6 heteroatoms. The molecule has 2 aromatic heterocycles. The van der Waals surface area contributed by atoms with Crippen LogP contribution < -0.4 is 5.46 Å². The number of halogens is 1. The molecule has 0 spiro atoms. The van der Waals surface area contributed by atoms with Crippen molar-refractivity contribution in [3.63, 3.8) is 0 Å². The maximum atomic E-state index is 9.43. The van der Waals surface area contributed by atoms with Gasteiger partial charge < -0.3 is 19.2 Å². The number of fused-ring (bicyclic) bond motifs is 12. The Morgan fingerprint density at radius 3 is 1.69 bits per heavy atom. The number of rotatable bonds is 4. The first-order valence-electron chi connectivity index (χ1n) is 23.4. The van der Waals surface area contributed by atoms with Crippen LogP contribution in [-0.4, -0.2) is 26.3 Å². The number of allylic oxidation sites excluding steroid dienone is 1. The van der Waals surface area contributed by atoms with Crippen LogP contribution in [0.25, 0.3) is 83.5 Å². The van der Waals surface area contributed by atoms with E-state index in [4.69, 9.17) is 0 Å². The van der Waals surface area contributed by atoms with Crippen LogP contribution >= 0.6 is 15.9 Å². The minimum absolute atomic E-state index is 0.503. The molecule has 14 rings (SSSR count). The Morgan fingerprint density at radius 1 is 0.426 bits per heavy atom. The van der Waals surface area contributed by atoms with Crippen LogP contribution in [0.5, 0.6) is 0 Å². The molecule has 3 aliphatic rings. The molecule has 0 bridgehead atoms. The normalized spacial score (nSPS) is 12.6. The van der Waals surface area contributed by atoms with E-state index >= 15 is 0 Å². The zero-order valence-corrected chi connectivity index (χ0v) is 38.9. The molecule has 0 radical (unpaired) electrons. The van der Waals surface area contributed by atoms with Gasteiger partial charge in [0.1, 0.15) is 0 Å². The molecule has 68 heavy (non-hydrogen) atoms. The van der Waals surface area contributed by atoms with E-state index in [1.165, 1.54) is 83.5 Å². The Kier molecular flexibility index (Phi) is 10.9. The van der Waals surface area contributed by atoms with Gasteiger partial charge in [0.25, 0.3) is 0 Å².